The van der Waals surface area contributed by atoms with E-state index < -0.39 is 29.7 Å². The number of nitrogens with one attached hydrogen (secondary N) is 2. The highest BCUT2D eigenvalue weighted by molar-refractivity contribution is 6.00. The second kappa shape index (κ2) is 19.2. The van der Waals surface area contributed by atoms with Crippen LogP contribution < -0.4 is 10.6 Å². The lowest BCUT2D eigenvalue weighted by Crippen LogP contribution is -2.48. The third-order valence-corrected chi connectivity index (χ3v) is 8.32. The fourth-order valence-corrected chi connectivity index (χ4v) is 5.76. The molecular formula is C38H52F2N4O3. The standard InChI is InChI=1S/C38H52F2N4O3/c1-6-14-44(15-7-2)38(47)32-18-30(26-43(9-4)10-5)17-31(22-32)37(46)42-35(21-29-19-33(39)23-34(40)20-29)36(45)25-41-24-28-13-11-12-27(8-3)16-28/h11-13,16-20,22-23,35-36,41,45H,6-10,14-15,21,24-26H2,1-5H3,(H,42,46)/t35-,36+/m1/s1. The van der Waals surface area contributed by atoms with Gasteiger partial charge in [0.1, 0.15) is 11.6 Å². The summed E-state index contributed by atoms with van der Waals surface area (Å²) >= 11 is 0. The van der Waals surface area contributed by atoms with E-state index >= 15 is 0 Å². The first-order chi connectivity index (χ1) is 22.6. The third-order valence-electron chi connectivity index (χ3n) is 8.32. The number of rotatable bonds is 19. The van der Waals surface area contributed by atoms with Gasteiger partial charge in [-0.1, -0.05) is 58.9 Å². The zero-order valence-electron chi connectivity index (χ0n) is 28.6. The largest absolute Gasteiger partial charge is 0.390 e. The highest BCUT2D eigenvalue weighted by Crippen LogP contribution is 2.18. The molecule has 0 saturated heterocycles. The van der Waals surface area contributed by atoms with Crippen LogP contribution in [0.2, 0.25) is 0 Å². The zero-order valence-corrected chi connectivity index (χ0v) is 28.6. The molecule has 2 atom stereocenters. The monoisotopic (exact) mass is 650 g/mol. The van der Waals surface area contributed by atoms with Crippen molar-refractivity contribution in [2.75, 3.05) is 32.7 Å². The second-order valence-corrected chi connectivity index (χ2v) is 12.1. The molecule has 0 spiro atoms. The molecule has 0 aromatic heterocycles. The molecule has 0 aliphatic heterocycles. The van der Waals surface area contributed by atoms with Crippen molar-refractivity contribution in [3.8, 4) is 0 Å². The maximum Gasteiger partial charge on any atom is 0.253 e. The molecule has 0 aliphatic rings. The fraction of sp³-hybridized carbons (Fsp3) is 0.474. The molecule has 9 heteroatoms. The lowest BCUT2D eigenvalue weighted by molar-refractivity contribution is 0.0755. The highest BCUT2D eigenvalue weighted by Gasteiger charge is 2.25. The predicted molar refractivity (Wildman–Crippen MR) is 184 cm³/mol. The summed E-state index contributed by atoms with van der Waals surface area (Å²) in [6.45, 7) is 14.3. The number of carbonyl (C=O) groups is 2. The summed E-state index contributed by atoms with van der Waals surface area (Å²) in [6.07, 6.45) is 1.46. The van der Waals surface area contributed by atoms with Gasteiger partial charge in [0.25, 0.3) is 11.8 Å². The maximum absolute atomic E-state index is 14.1. The minimum atomic E-state index is -1.08. The second-order valence-electron chi connectivity index (χ2n) is 12.1. The van der Waals surface area contributed by atoms with Crippen molar-refractivity contribution in [1.29, 1.82) is 0 Å². The van der Waals surface area contributed by atoms with E-state index in [4.69, 9.17) is 0 Å². The molecule has 7 nitrogen and oxygen atoms in total. The van der Waals surface area contributed by atoms with Gasteiger partial charge in [0.2, 0.25) is 0 Å². The average Bonchev–Trinajstić information content (AvgIpc) is 3.05. The number of hydrogen-bond acceptors (Lipinski definition) is 5. The van der Waals surface area contributed by atoms with Gasteiger partial charge in [-0.05, 0) is 91.4 Å². The normalized spacial score (nSPS) is 12.6. The maximum atomic E-state index is 14.1. The third kappa shape index (κ3) is 11.8. The molecule has 2 amide bonds. The molecule has 3 aromatic carbocycles. The minimum Gasteiger partial charge on any atom is -0.390 e. The molecule has 0 aliphatic carbocycles. The van der Waals surface area contributed by atoms with Crippen molar-refractivity contribution in [2.24, 2.45) is 0 Å². The molecule has 0 heterocycles. The first-order valence-corrected chi connectivity index (χ1v) is 17.0. The van der Waals surface area contributed by atoms with Crippen molar-refractivity contribution in [2.45, 2.75) is 85.5 Å². The smallest absolute Gasteiger partial charge is 0.253 e. The van der Waals surface area contributed by atoms with Gasteiger partial charge >= 0.3 is 0 Å². The van der Waals surface area contributed by atoms with Gasteiger partial charge in [-0.25, -0.2) is 8.78 Å². The van der Waals surface area contributed by atoms with Crippen LogP contribution in [0.15, 0.2) is 60.7 Å². The summed E-state index contributed by atoms with van der Waals surface area (Å²) < 4.78 is 28.2. The Hall–Kier alpha value is -3.66. The molecule has 0 bridgehead atoms. The Bertz CT molecular complexity index is 1420. The van der Waals surface area contributed by atoms with E-state index in [1.807, 2.05) is 36.9 Å². The van der Waals surface area contributed by atoms with Crippen molar-refractivity contribution in [1.82, 2.24) is 20.4 Å². The Morgan fingerprint density at radius 1 is 0.787 bits per heavy atom. The van der Waals surface area contributed by atoms with E-state index in [9.17, 15) is 23.5 Å². The van der Waals surface area contributed by atoms with Crippen molar-refractivity contribution < 1.29 is 23.5 Å². The number of benzene rings is 3. The Labute approximate surface area is 279 Å². The number of carbonyl (C=O) groups excluding carboxylic acids is 2. The summed E-state index contributed by atoms with van der Waals surface area (Å²) in [5.74, 6) is -2.07. The Balaban J connectivity index is 1.91. The number of amides is 2. The summed E-state index contributed by atoms with van der Waals surface area (Å²) in [5, 5.41) is 17.5. The molecule has 0 saturated carbocycles. The van der Waals surface area contributed by atoms with Crippen LogP contribution >= 0.6 is 0 Å². The van der Waals surface area contributed by atoms with E-state index in [1.165, 1.54) is 17.7 Å². The number of hydrogen-bond donors (Lipinski definition) is 3. The summed E-state index contributed by atoms with van der Waals surface area (Å²) in [4.78, 5) is 31.6. The van der Waals surface area contributed by atoms with Crippen LogP contribution in [0.25, 0.3) is 0 Å². The summed E-state index contributed by atoms with van der Waals surface area (Å²) in [6, 6.07) is 15.7. The lowest BCUT2D eigenvalue weighted by atomic mass is 9.99. The van der Waals surface area contributed by atoms with Gasteiger partial charge in [0.15, 0.2) is 0 Å². The van der Waals surface area contributed by atoms with E-state index in [2.05, 4.69) is 48.4 Å². The molecule has 0 fully saturated rings. The molecule has 3 aromatic rings. The minimum absolute atomic E-state index is 0.000288. The van der Waals surface area contributed by atoms with Gasteiger partial charge < -0.3 is 20.6 Å². The van der Waals surface area contributed by atoms with Gasteiger partial charge in [0.05, 0.1) is 12.1 Å². The van der Waals surface area contributed by atoms with Gasteiger partial charge in [0, 0.05) is 49.9 Å². The first kappa shape index (κ1) is 37.8. The van der Waals surface area contributed by atoms with Crippen LogP contribution in [0.4, 0.5) is 8.78 Å². The van der Waals surface area contributed by atoms with E-state index in [0.29, 0.717) is 37.3 Å². The summed E-state index contributed by atoms with van der Waals surface area (Å²) in [5.41, 5.74) is 4.13. The van der Waals surface area contributed by atoms with Gasteiger partial charge in [-0.15, -0.1) is 0 Å². The number of aliphatic hydroxyl groups excluding tert-OH is 1. The molecule has 3 N–H and O–H groups in total. The van der Waals surface area contributed by atoms with Crippen molar-refractivity contribution in [3.63, 3.8) is 0 Å². The van der Waals surface area contributed by atoms with E-state index in [0.717, 1.165) is 49.5 Å². The Kier molecular flexibility index (Phi) is 15.5. The average molecular weight is 651 g/mol. The topological polar surface area (TPSA) is 84.9 Å². The molecule has 256 valence electrons. The summed E-state index contributed by atoms with van der Waals surface area (Å²) in [7, 11) is 0. The first-order valence-electron chi connectivity index (χ1n) is 17.0. The predicted octanol–water partition coefficient (Wildman–Crippen LogP) is 6.12. The lowest BCUT2D eigenvalue weighted by Gasteiger charge is -2.26. The highest BCUT2D eigenvalue weighted by atomic mass is 19.1. The number of halogens is 2. The number of aliphatic hydroxyl groups is 1. The molecule has 0 unspecified atom stereocenters. The van der Waals surface area contributed by atoms with Gasteiger partial charge in [-0.3, -0.25) is 14.5 Å². The number of aryl methyl sites for hydroxylation is 1. The molecule has 47 heavy (non-hydrogen) atoms. The van der Waals surface area contributed by atoms with Crippen LogP contribution in [-0.4, -0.2) is 71.6 Å². The van der Waals surface area contributed by atoms with E-state index in [1.54, 1.807) is 12.1 Å². The van der Waals surface area contributed by atoms with Crippen LogP contribution in [0, 0.1) is 11.6 Å². The number of nitrogens with zero attached hydrogens (tertiary/aromatic N) is 2. The quantitative estimate of drug-likeness (QED) is 0.146. The molecular weight excluding hydrogens is 598 g/mol. The van der Waals surface area contributed by atoms with Crippen LogP contribution in [-0.2, 0) is 25.9 Å². The molecule has 3 rings (SSSR count). The van der Waals surface area contributed by atoms with Crippen molar-refractivity contribution in [3.05, 3.63) is 106 Å². The Morgan fingerprint density at radius 2 is 1.43 bits per heavy atom. The molecule has 0 radical (unpaired) electrons. The van der Waals surface area contributed by atoms with Crippen LogP contribution in [0.3, 0.4) is 0 Å². The van der Waals surface area contributed by atoms with Gasteiger partial charge in [-0.2, -0.15) is 0 Å². The van der Waals surface area contributed by atoms with E-state index in [-0.39, 0.29) is 24.4 Å². The zero-order chi connectivity index (χ0) is 34.3. The Morgan fingerprint density at radius 3 is 2.04 bits per heavy atom. The van der Waals surface area contributed by atoms with Crippen LogP contribution in [0.5, 0.6) is 0 Å². The fourth-order valence-electron chi connectivity index (χ4n) is 5.76. The SMILES string of the molecule is CCCN(CCC)C(=O)c1cc(CN(CC)CC)cc(C(=O)N[C@H](Cc2cc(F)cc(F)c2)[C@@H](O)CNCc2cccc(CC)c2)c1. The van der Waals surface area contributed by atoms with Crippen molar-refractivity contribution >= 4 is 11.8 Å². The van der Waals surface area contributed by atoms with Crippen LogP contribution in [0.1, 0.15) is 90.4 Å².